The highest BCUT2D eigenvalue weighted by atomic mass is 32.1. The molecular weight excluding hydrogens is 378 g/mol. The number of carbonyl (C=O) groups excluding carboxylic acids is 1. The summed E-state index contributed by atoms with van der Waals surface area (Å²) < 4.78 is 5.53. The predicted molar refractivity (Wildman–Crippen MR) is 110 cm³/mol. The van der Waals surface area contributed by atoms with Crippen LogP contribution in [0, 0.1) is 24.0 Å². The van der Waals surface area contributed by atoms with Crippen molar-refractivity contribution in [3.63, 3.8) is 0 Å². The molecule has 1 aromatic heterocycles. The van der Waals surface area contributed by atoms with Gasteiger partial charge in [-0.2, -0.15) is 0 Å². The Morgan fingerprint density at radius 2 is 1.79 bits per heavy atom. The number of nitro groups is 1. The molecule has 1 amide bonds. The summed E-state index contributed by atoms with van der Waals surface area (Å²) in [5.41, 5.74) is 3.37. The molecule has 28 heavy (non-hydrogen) atoms. The van der Waals surface area contributed by atoms with Gasteiger partial charge in [0.25, 0.3) is 11.6 Å². The predicted octanol–water partition coefficient (Wildman–Crippen LogP) is 4.60. The van der Waals surface area contributed by atoms with Crippen LogP contribution in [0.3, 0.4) is 0 Å². The van der Waals surface area contributed by atoms with Crippen molar-refractivity contribution in [3.8, 4) is 11.3 Å². The fraction of sp³-hybridized carbons (Fsp3) is 0.100. The quantitative estimate of drug-likeness (QED) is 0.381. The molecule has 0 aliphatic heterocycles. The molecule has 8 heteroatoms. The number of nitrogens with zero attached hydrogens (tertiary/aromatic N) is 1. The van der Waals surface area contributed by atoms with E-state index in [2.05, 4.69) is 10.6 Å². The summed E-state index contributed by atoms with van der Waals surface area (Å²) >= 11 is 5.19. The summed E-state index contributed by atoms with van der Waals surface area (Å²) in [4.78, 5) is 22.8. The van der Waals surface area contributed by atoms with Gasteiger partial charge in [-0.1, -0.05) is 18.2 Å². The Morgan fingerprint density at radius 3 is 2.46 bits per heavy atom. The number of amides is 1. The molecule has 7 nitrogen and oxygen atoms in total. The second-order valence-electron chi connectivity index (χ2n) is 6.26. The van der Waals surface area contributed by atoms with Crippen LogP contribution < -0.4 is 10.6 Å². The van der Waals surface area contributed by atoms with E-state index in [4.69, 9.17) is 16.6 Å². The first kappa shape index (κ1) is 19.2. The van der Waals surface area contributed by atoms with E-state index in [0.29, 0.717) is 11.3 Å². The molecule has 0 unspecified atom stereocenters. The lowest BCUT2D eigenvalue weighted by Crippen LogP contribution is -2.33. The molecule has 3 aromatic rings. The molecule has 1 heterocycles. The van der Waals surface area contributed by atoms with E-state index in [0.717, 1.165) is 16.8 Å². The summed E-state index contributed by atoms with van der Waals surface area (Å²) in [7, 11) is 0. The molecule has 142 valence electrons. The molecular formula is C20H17N3O4S. The molecule has 0 spiro atoms. The SMILES string of the molecule is Cc1cc(C)cc(NC(=S)NC(=O)c2ccc(-c3cccc([N+](=O)[O-])c3)o2)c1. The Kier molecular flexibility index (Phi) is 5.51. The van der Waals surface area contributed by atoms with Gasteiger partial charge in [-0.25, -0.2) is 0 Å². The van der Waals surface area contributed by atoms with E-state index in [9.17, 15) is 14.9 Å². The van der Waals surface area contributed by atoms with Crippen LogP contribution in [0.4, 0.5) is 11.4 Å². The van der Waals surface area contributed by atoms with Gasteiger partial charge in [-0.3, -0.25) is 20.2 Å². The third kappa shape index (κ3) is 4.60. The van der Waals surface area contributed by atoms with Crippen LogP contribution in [-0.2, 0) is 0 Å². The number of anilines is 1. The molecule has 0 aliphatic rings. The van der Waals surface area contributed by atoms with Crippen molar-refractivity contribution < 1.29 is 14.1 Å². The van der Waals surface area contributed by atoms with Gasteiger partial charge in [0, 0.05) is 23.4 Å². The van der Waals surface area contributed by atoms with Crippen molar-refractivity contribution in [2.45, 2.75) is 13.8 Å². The smallest absolute Gasteiger partial charge is 0.293 e. The summed E-state index contributed by atoms with van der Waals surface area (Å²) in [6.07, 6.45) is 0. The average Bonchev–Trinajstić information content (AvgIpc) is 3.11. The molecule has 3 rings (SSSR count). The summed E-state index contributed by atoms with van der Waals surface area (Å²) in [5, 5.41) is 16.6. The van der Waals surface area contributed by atoms with Gasteiger partial charge in [-0.15, -0.1) is 0 Å². The highest BCUT2D eigenvalue weighted by Crippen LogP contribution is 2.25. The number of non-ortho nitro benzene ring substituents is 1. The zero-order valence-corrected chi connectivity index (χ0v) is 16.0. The van der Waals surface area contributed by atoms with Crippen LogP contribution in [0.2, 0.25) is 0 Å². The largest absolute Gasteiger partial charge is 0.451 e. The maximum absolute atomic E-state index is 12.4. The third-order valence-corrected chi connectivity index (χ3v) is 4.08. The second kappa shape index (κ2) is 8.01. The van der Waals surface area contributed by atoms with Crippen molar-refractivity contribution >= 4 is 34.6 Å². The van der Waals surface area contributed by atoms with E-state index in [1.165, 1.54) is 18.2 Å². The van der Waals surface area contributed by atoms with E-state index < -0.39 is 10.8 Å². The zero-order chi connectivity index (χ0) is 20.3. The number of hydrogen-bond acceptors (Lipinski definition) is 5. The number of benzene rings is 2. The van der Waals surface area contributed by atoms with Gasteiger partial charge >= 0.3 is 0 Å². The number of furan rings is 1. The highest BCUT2D eigenvalue weighted by molar-refractivity contribution is 7.80. The minimum atomic E-state index is -0.515. The summed E-state index contributed by atoms with van der Waals surface area (Å²) in [5.74, 6) is -0.119. The molecule has 0 atom stereocenters. The number of nitrogens with one attached hydrogen (secondary N) is 2. The van der Waals surface area contributed by atoms with Crippen molar-refractivity contribution in [1.29, 1.82) is 0 Å². The van der Waals surface area contributed by atoms with E-state index in [1.807, 2.05) is 32.0 Å². The molecule has 0 radical (unpaired) electrons. The van der Waals surface area contributed by atoms with Crippen LogP contribution >= 0.6 is 12.2 Å². The minimum absolute atomic E-state index is 0.0473. The van der Waals surface area contributed by atoms with Gasteiger partial charge in [0.15, 0.2) is 10.9 Å². The number of carbonyl (C=O) groups is 1. The van der Waals surface area contributed by atoms with Gasteiger partial charge in [-0.05, 0) is 61.5 Å². The maximum Gasteiger partial charge on any atom is 0.293 e. The summed E-state index contributed by atoms with van der Waals surface area (Å²) in [6, 6.07) is 14.9. The van der Waals surface area contributed by atoms with Gasteiger partial charge in [0.2, 0.25) is 0 Å². The Bertz CT molecular complexity index is 1050. The van der Waals surface area contributed by atoms with Crippen LogP contribution in [0.1, 0.15) is 21.7 Å². The van der Waals surface area contributed by atoms with E-state index in [-0.39, 0.29) is 16.6 Å². The normalized spacial score (nSPS) is 10.4. The first-order valence-electron chi connectivity index (χ1n) is 8.37. The van der Waals surface area contributed by atoms with Gasteiger partial charge < -0.3 is 9.73 Å². The fourth-order valence-corrected chi connectivity index (χ4v) is 2.97. The lowest BCUT2D eigenvalue weighted by atomic mass is 10.1. The molecule has 0 fully saturated rings. The average molecular weight is 395 g/mol. The Hall–Kier alpha value is -3.52. The molecule has 0 bridgehead atoms. The number of thiocarbonyl (C=S) groups is 1. The third-order valence-electron chi connectivity index (χ3n) is 3.88. The molecule has 0 saturated heterocycles. The Balaban J connectivity index is 1.69. The molecule has 2 N–H and O–H groups in total. The zero-order valence-electron chi connectivity index (χ0n) is 15.2. The van der Waals surface area contributed by atoms with E-state index in [1.54, 1.807) is 18.2 Å². The second-order valence-corrected chi connectivity index (χ2v) is 6.66. The Morgan fingerprint density at radius 1 is 1.07 bits per heavy atom. The van der Waals surface area contributed by atoms with Crippen molar-refractivity contribution in [1.82, 2.24) is 5.32 Å². The van der Waals surface area contributed by atoms with Crippen LogP contribution in [0.25, 0.3) is 11.3 Å². The van der Waals surface area contributed by atoms with Crippen molar-refractivity contribution in [3.05, 3.63) is 81.6 Å². The van der Waals surface area contributed by atoms with Gasteiger partial charge in [0.1, 0.15) is 5.76 Å². The van der Waals surface area contributed by atoms with Gasteiger partial charge in [0.05, 0.1) is 4.92 Å². The summed E-state index contributed by atoms with van der Waals surface area (Å²) in [6.45, 7) is 3.94. The lowest BCUT2D eigenvalue weighted by Gasteiger charge is -2.10. The monoisotopic (exact) mass is 395 g/mol. The molecule has 0 saturated carbocycles. The number of nitro benzene ring substituents is 1. The minimum Gasteiger partial charge on any atom is -0.451 e. The highest BCUT2D eigenvalue weighted by Gasteiger charge is 2.15. The Labute approximate surface area is 166 Å². The topological polar surface area (TPSA) is 97.4 Å². The standard InChI is InChI=1S/C20H17N3O4S/c1-12-8-13(2)10-15(9-12)21-20(28)22-19(24)18-7-6-17(27-18)14-4-3-5-16(11-14)23(25)26/h3-11H,1-2H3,(H2,21,22,24,28). The maximum atomic E-state index is 12.4. The van der Waals surface area contributed by atoms with Crippen LogP contribution in [0.15, 0.2) is 59.0 Å². The number of rotatable bonds is 4. The first-order valence-corrected chi connectivity index (χ1v) is 8.78. The van der Waals surface area contributed by atoms with Crippen LogP contribution in [-0.4, -0.2) is 15.9 Å². The fourth-order valence-electron chi connectivity index (χ4n) is 2.76. The van der Waals surface area contributed by atoms with Crippen molar-refractivity contribution in [2.24, 2.45) is 0 Å². The molecule has 2 aromatic carbocycles. The number of hydrogen-bond donors (Lipinski definition) is 2. The van der Waals surface area contributed by atoms with Crippen LogP contribution in [0.5, 0.6) is 0 Å². The van der Waals surface area contributed by atoms with E-state index >= 15 is 0 Å². The molecule has 0 aliphatic carbocycles. The first-order chi connectivity index (χ1) is 13.3. The lowest BCUT2D eigenvalue weighted by molar-refractivity contribution is -0.384. The van der Waals surface area contributed by atoms with Crippen molar-refractivity contribution in [2.75, 3.05) is 5.32 Å². The number of aryl methyl sites for hydroxylation is 2.